The van der Waals surface area contributed by atoms with Gasteiger partial charge in [-0.15, -0.1) is 0 Å². The van der Waals surface area contributed by atoms with Crippen molar-refractivity contribution < 1.29 is 14.3 Å². The number of nitrogens with one attached hydrogen (secondary N) is 1. The van der Waals surface area contributed by atoms with E-state index < -0.39 is 0 Å². The van der Waals surface area contributed by atoms with Crippen LogP contribution in [0.1, 0.15) is 51.9 Å². The summed E-state index contributed by atoms with van der Waals surface area (Å²) in [4.78, 5) is 25.5. The molecule has 2 amide bonds. The molecule has 21 heavy (non-hydrogen) atoms. The van der Waals surface area contributed by atoms with Gasteiger partial charge in [-0.1, -0.05) is 19.3 Å². The molecule has 1 aliphatic carbocycles. The molecule has 1 unspecified atom stereocenters. The van der Waals surface area contributed by atoms with E-state index >= 15 is 0 Å². The second-order valence-electron chi connectivity index (χ2n) is 6.23. The van der Waals surface area contributed by atoms with Gasteiger partial charge in [-0.3, -0.25) is 9.59 Å². The van der Waals surface area contributed by atoms with Crippen LogP contribution in [0.15, 0.2) is 0 Å². The fraction of sp³-hybridized carbons (Fsp3) is 0.875. The summed E-state index contributed by atoms with van der Waals surface area (Å²) in [5, 5.41) is 2.99. The number of rotatable bonds is 6. The van der Waals surface area contributed by atoms with Gasteiger partial charge in [0, 0.05) is 39.1 Å². The zero-order valence-corrected chi connectivity index (χ0v) is 13.1. The third-order valence-electron chi connectivity index (χ3n) is 4.55. The Balaban J connectivity index is 1.68. The van der Waals surface area contributed by atoms with Crippen LogP contribution < -0.4 is 5.32 Å². The van der Waals surface area contributed by atoms with Crippen molar-refractivity contribution in [1.82, 2.24) is 10.2 Å². The molecule has 1 saturated heterocycles. The monoisotopic (exact) mass is 296 g/mol. The third kappa shape index (κ3) is 5.30. The highest BCUT2D eigenvalue weighted by atomic mass is 16.5. The maximum Gasteiger partial charge on any atom is 0.223 e. The molecule has 0 spiro atoms. The van der Waals surface area contributed by atoms with Crippen LogP contribution in [-0.2, 0) is 14.3 Å². The first kappa shape index (κ1) is 16.3. The van der Waals surface area contributed by atoms with E-state index in [0.717, 1.165) is 45.1 Å². The van der Waals surface area contributed by atoms with Crippen molar-refractivity contribution in [1.29, 1.82) is 0 Å². The van der Waals surface area contributed by atoms with E-state index in [1.54, 1.807) is 11.8 Å². The lowest BCUT2D eigenvalue weighted by Gasteiger charge is -2.25. The predicted molar refractivity (Wildman–Crippen MR) is 80.8 cm³/mol. The lowest BCUT2D eigenvalue weighted by molar-refractivity contribution is -0.131. The van der Waals surface area contributed by atoms with Crippen molar-refractivity contribution in [2.75, 3.05) is 26.2 Å². The Morgan fingerprint density at radius 2 is 1.90 bits per heavy atom. The van der Waals surface area contributed by atoms with E-state index in [1.165, 1.54) is 6.42 Å². The lowest BCUT2D eigenvalue weighted by atomic mass is 9.89. The van der Waals surface area contributed by atoms with Crippen LogP contribution in [0.25, 0.3) is 0 Å². The highest BCUT2D eigenvalue weighted by Gasteiger charge is 2.22. The molecule has 5 nitrogen and oxygen atoms in total. The predicted octanol–water partition coefficient (Wildman–Crippen LogP) is 1.71. The van der Waals surface area contributed by atoms with Crippen molar-refractivity contribution >= 4 is 11.8 Å². The van der Waals surface area contributed by atoms with Gasteiger partial charge in [0.1, 0.15) is 0 Å². The van der Waals surface area contributed by atoms with Gasteiger partial charge in [0.25, 0.3) is 0 Å². The fourth-order valence-electron chi connectivity index (χ4n) is 3.23. The fourth-order valence-corrected chi connectivity index (χ4v) is 3.23. The molecular weight excluding hydrogens is 268 g/mol. The summed E-state index contributed by atoms with van der Waals surface area (Å²) in [6.45, 7) is 4.15. The molecule has 0 aromatic heterocycles. The van der Waals surface area contributed by atoms with E-state index in [2.05, 4.69) is 5.32 Å². The smallest absolute Gasteiger partial charge is 0.223 e. The van der Waals surface area contributed by atoms with Crippen molar-refractivity contribution in [2.45, 2.75) is 58.0 Å². The summed E-state index contributed by atoms with van der Waals surface area (Å²) >= 11 is 0. The Morgan fingerprint density at radius 3 is 2.52 bits per heavy atom. The Kier molecular flexibility index (Phi) is 6.49. The molecule has 2 aliphatic rings. The first-order valence-electron chi connectivity index (χ1n) is 8.31. The van der Waals surface area contributed by atoms with Crippen molar-refractivity contribution in [3.63, 3.8) is 0 Å². The average molecular weight is 296 g/mol. The molecule has 0 bridgehead atoms. The molecule has 1 N–H and O–H groups in total. The van der Waals surface area contributed by atoms with E-state index in [1.807, 2.05) is 0 Å². The zero-order valence-electron chi connectivity index (χ0n) is 13.1. The molecule has 0 aromatic rings. The van der Waals surface area contributed by atoms with Gasteiger partial charge in [-0.2, -0.15) is 0 Å². The van der Waals surface area contributed by atoms with Gasteiger partial charge < -0.3 is 15.0 Å². The maximum absolute atomic E-state index is 12.1. The van der Waals surface area contributed by atoms with E-state index in [0.29, 0.717) is 19.6 Å². The normalized spacial score (nSPS) is 23.0. The SMILES string of the molecule is CC(=O)N(CCNC(=O)C1CCCCC1)CC1CCCO1. The quantitative estimate of drug-likeness (QED) is 0.812. The molecule has 2 fully saturated rings. The number of nitrogens with zero attached hydrogens (tertiary/aromatic N) is 1. The third-order valence-corrected chi connectivity index (χ3v) is 4.55. The molecule has 120 valence electrons. The Morgan fingerprint density at radius 1 is 1.14 bits per heavy atom. The van der Waals surface area contributed by atoms with Crippen molar-refractivity contribution in [2.24, 2.45) is 5.92 Å². The zero-order chi connectivity index (χ0) is 15.1. The number of hydrogen-bond acceptors (Lipinski definition) is 3. The Hall–Kier alpha value is -1.10. The standard InChI is InChI=1S/C16H28N2O3/c1-13(19)18(12-15-8-5-11-21-15)10-9-17-16(20)14-6-3-2-4-7-14/h14-15H,2-12H2,1H3,(H,17,20). The van der Waals surface area contributed by atoms with Gasteiger partial charge in [0.15, 0.2) is 0 Å². The van der Waals surface area contributed by atoms with Gasteiger partial charge in [-0.25, -0.2) is 0 Å². The van der Waals surface area contributed by atoms with Crippen LogP contribution in [0.3, 0.4) is 0 Å². The minimum absolute atomic E-state index is 0.0532. The Bertz CT molecular complexity index is 347. The minimum Gasteiger partial charge on any atom is -0.376 e. The topological polar surface area (TPSA) is 58.6 Å². The van der Waals surface area contributed by atoms with Crippen molar-refractivity contribution in [3.8, 4) is 0 Å². The van der Waals surface area contributed by atoms with Crippen LogP contribution in [0.2, 0.25) is 0 Å². The van der Waals surface area contributed by atoms with E-state index in [4.69, 9.17) is 4.74 Å². The molecule has 5 heteroatoms. The van der Waals surface area contributed by atoms with Gasteiger partial charge in [0.2, 0.25) is 11.8 Å². The maximum atomic E-state index is 12.1. The van der Waals surface area contributed by atoms with Crippen LogP contribution >= 0.6 is 0 Å². The average Bonchev–Trinajstić information content (AvgIpc) is 3.00. The summed E-state index contributed by atoms with van der Waals surface area (Å²) in [6.07, 6.45) is 7.88. The first-order valence-corrected chi connectivity index (χ1v) is 8.31. The number of hydrogen-bond donors (Lipinski definition) is 1. The molecular formula is C16H28N2O3. The minimum atomic E-state index is 0.0532. The summed E-state index contributed by atoms with van der Waals surface area (Å²) in [5.74, 6) is 0.399. The van der Waals surface area contributed by atoms with Crippen molar-refractivity contribution in [3.05, 3.63) is 0 Å². The lowest BCUT2D eigenvalue weighted by Crippen LogP contribution is -2.42. The van der Waals surface area contributed by atoms with Gasteiger partial charge in [-0.05, 0) is 25.7 Å². The highest BCUT2D eigenvalue weighted by molar-refractivity contribution is 5.78. The molecule has 1 saturated carbocycles. The highest BCUT2D eigenvalue weighted by Crippen LogP contribution is 2.23. The second kappa shape index (κ2) is 8.37. The van der Waals surface area contributed by atoms with Crippen LogP contribution in [0.4, 0.5) is 0 Å². The number of amides is 2. The number of carbonyl (C=O) groups is 2. The summed E-state index contributed by atoms with van der Waals surface area (Å²) in [5.41, 5.74) is 0. The largest absolute Gasteiger partial charge is 0.376 e. The van der Waals surface area contributed by atoms with Gasteiger partial charge in [0.05, 0.1) is 6.10 Å². The van der Waals surface area contributed by atoms with Crippen LogP contribution in [0.5, 0.6) is 0 Å². The molecule has 1 heterocycles. The number of ether oxygens (including phenoxy) is 1. The molecule has 2 rings (SSSR count). The molecule has 1 aliphatic heterocycles. The molecule has 1 atom stereocenters. The Labute approximate surface area is 127 Å². The van der Waals surface area contributed by atoms with E-state index in [9.17, 15) is 9.59 Å². The van der Waals surface area contributed by atoms with Crippen LogP contribution in [-0.4, -0.2) is 49.1 Å². The molecule has 0 radical (unpaired) electrons. The number of carbonyl (C=O) groups excluding carboxylic acids is 2. The molecule has 0 aromatic carbocycles. The second-order valence-corrected chi connectivity index (χ2v) is 6.23. The summed E-state index contributed by atoms with van der Waals surface area (Å²) in [6, 6.07) is 0. The van der Waals surface area contributed by atoms with Crippen LogP contribution in [0, 0.1) is 5.92 Å². The first-order chi connectivity index (χ1) is 10.2. The summed E-state index contributed by atoms with van der Waals surface area (Å²) < 4.78 is 5.57. The van der Waals surface area contributed by atoms with E-state index in [-0.39, 0.29) is 23.8 Å². The summed E-state index contributed by atoms with van der Waals surface area (Å²) in [7, 11) is 0. The van der Waals surface area contributed by atoms with Gasteiger partial charge >= 0.3 is 0 Å².